The molecule has 0 unspecified atom stereocenters. The van der Waals surface area contributed by atoms with Gasteiger partial charge in [0.25, 0.3) is 5.91 Å². The van der Waals surface area contributed by atoms with E-state index in [2.05, 4.69) is 6.58 Å². The highest BCUT2D eigenvalue weighted by molar-refractivity contribution is 5.94. The van der Waals surface area contributed by atoms with Gasteiger partial charge in [-0.1, -0.05) is 57.5 Å². The van der Waals surface area contributed by atoms with Crippen LogP contribution in [0.1, 0.15) is 56.5 Å². The Bertz CT molecular complexity index is 406. The first kappa shape index (κ1) is 18.4. The van der Waals surface area contributed by atoms with Crippen molar-refractivity contribution in [2.24, 2.45) is 0 Å². The van der Waals surface area contributed by atoms with Crippen molar-refractivity contribution in [1.29, 1.82) is 0 Å². The molecular weight excluding hydrogens is 246 g/mol. The monoisotopic (exact) mass is 275 g/mol. The van der Waals surface area contributed by atoms with Crippen LogP contribution in [0, 0.1) is 6.92 Å². The fourth-order valence-corrected chi connectivity index (χ4v) is 2.00. The van der Waals surface area contributed by atoms with Gasteiger partial charge >= 0.3 is 0 Å². The van der Waals surface area contributed by atoms with Crippen molar-refractivity contribution >= 4 is 5.91 Å². The maximum absolute atomic E-state index is 12.1. The lowest BCUT2D eigenvalue weighted by molar-refractivity contribution is 0.0752. The summed E-state index contributed by atoms with van der Waals surface area (Å²) in [5, 5.41) is 0. The van der Waals surface area contributed by atoms with E-state index >= 15 is 0 Å². The first-order valence-corrected chi connectivity index (χ1v) is 7.69. The first-order chi connectivity index (χ1) is 9.66. The number of hydrogen-bond acceptors (Lipinski definition) is 1. The Hall–Kier alpha value is -1.57. The van der Waals surface area contributed by atoms with Crippen molar-refractivity contribution < 1.29 is 4.79 Å². The largest absolute Gasteiger partial charge is 0.335 e. The topological polar surface area (TPSA) is 20.3 Å². The van der Waals surface area contributed by atoms with Gasteiger partial charge in [-0.05, 0) is 31.9 Å². The van der Waals surface area contributed by atoms with E-state index in [1.165, 1.54) is 5.56 Å². The second-order valence-electron chi connectivity index (χ2n) is 4.45. The lowest BCUT2D eigenvalue weighted by Crippen LogP contribution is -2.36. The molecule has 1 amide bonds. The molecule has 0 N–H and O–H groups in total. The number of nitrogens with zero attached hydrogens (tertiary/aromatic N) is 1. The van der Waals surface area contributed by atoms with Crippen molar-refractivity contribution in [2.45, 2.75) is 47.5 Å². The Morgan fingerprint density at radius 1 is 1.10 bits per heavy atom. The molecule has 2 nitrogen and oxygen atoms in total. The second-order valence-corrected chi connectivity index (χ2v) is 4.45. The highest BCUT2D eigenvalue weighted by Crippen LogP contribution is 2.16. The SMILES string of the molecule is C=C1CCCN(C(=O)c2ccc(C)cc2)C1.CC.CC. The molecule has 1 aromatic rings. The molecule has 2 rings (SSSR count). The van der Waals surface area contributed by atoms with Gasteiger partial charge in [-0.2, -0.15) is 0 Å². The smallest absolute Gasteiger partial charge is 0.254 e. The summed E-state index contributed by atoms with van der Waals surface area (Å²) in [7, 11) is 0. The Kier molecular flexibility index (Phi) is 9.44. The van der Waals surface area contributed by atoms with E-state index in [9.17, 15) is 4.79 Å². The van der Waals surface area contributed by atoms with Gasteiger partial charge in [-0.3, -0.25) is 4.79 Å². The quantitative estimate of drug-likeness (QED) is 0.672. The number of amides is 1. The summed E-state index contributed by atoms with van der Waals surface area (Å²) >= 11 is 0. The fourth-order valence-electron chi connectivity index (χ4n) is 2.00. The summed E-state index contributed by atoms with van der Waals surface area (Å²) in [5.41, 5.74) is 3.12. The van der Waals surface area contributed by atoms with Crippen LogP contribution < -0.4 is 0 Å². The molecule has 0 aliphatic carbocycles. The number of rotatable bonds is 1. The van der Waals surface area contributed by atoms with Gasteiger partial charge < -0.3 is 4.90 Å². The molecule has 1 aromatic carbocycles. The van der Waals surface area contributed by atoms with Crippen molar-refractivity contribution in [3.8, 4) is 0 Å². The number of likely N-dealkylation sites (tertiary alicyclic amines) is 1. The van der Waals surface area contributed by atoms with Crippen LogP contribution in [-0.4, -0.2) is 23.9 Å². The highest BCUT2D eigenvalue weighted by Gasteiger charge is 2.19. The molecular formula is C18H29NO. The third-order valence-electron chi connectivity index (χ3n) is 2.96. The summed E-state index contributed by atoms with van der Waals surface area (Å²) in [6.07, 6.45) is 2.09. The van der Waals surface area contributed by atoms with E-state index in [0.29, 0.717) is 6.54 Å². The molecule has 0 aromatic heterocycles. The van der Waals surface area contributed by atoms with Gasteiger partial charge in [-0.15, -0.1) is 0 Å². The van der Waals surface area contributed by atoms with E-state index in [-0.39, 0.29) is 5.91 Å². The third kappa shape index (κ3) is 5.60. The van der Waals surface area contributed by atoms with Gasteiger partial charge in [0.15, 0.2) is 0 Å². The summed E-state index contributed by atoms with van der Waals surface area (Å²) in [6, 6.07) is 7.75. The van der Waals surface area contributed by atoms with Gasteiger partial charge in [0.1, 0.15) is 0 Å². The molecule has 2 heteroatoms. The Labute approximate surface area is 124 Å². The van der Waals surface area contributed by atoms with Crippen molar-refractivity contribution in [1.82, 2.24) is 4.90 Å². The van der Waals surface area contributed by atoms with E-state index in [4.69, 9.17) is 0 Å². The van der Waals surface area contributed by atoms with Crippen molar-refractivity contribution in [3.05, 3.63) is 47.5 Å². The Morgan fingerprint density at radius 2 is 1.65 bits per heavy atom. The number of benzene rings is 1. The van der Waals surface area contributed by atoms with Crippen LogP contribution in [-0.2, 0) is 0 Å². The van der Waals surface area contributed by atoms with Crippen LogP contribution in [0.3, 0.4) is 0 Å². The zero-order valence-electron chi connectivity index (χ0n) is 13.7. The molecule has 1 aliphatic rings. The zero-order chi connectivity index (χ0) is 15.5. The van der Waals surface area contributed by atoms with Crippen molar-refractivity contribution in [3.63, 3.8) is 0 Å². The highest BCUT2D eigenvalue weighted by atomic mass is 16.2. The minimum atomic E-state index is 0.126. The fraction of sp³-hybridized carbons (Fsp3) is 0.500. The maximum atomic E-state index is 12.1. The van der Waals surface area contributed by atoms with Crippen LogP contribution >= 0.6 is 0 Å². The van der Waals surface area contributed by atoms with E-state index in [1.807, 2.05) is 63.8 Å². The van der Waals surface area contributed by atoms with Crippen LogP contribution in [0.4, 0.5) is 0 Å². The molecule has 1 saturated heterocycles. The normalized spacial score (nSPS) is 13.7. The number of carbonyl (C=O) groups excluding carboxylic acids is 1. The zero-order valence-corrected chi connectivity index (χ0v) is 13.7. The summed E-state index contributed by atoms with van der Waals surface area (Å²) in [5.74, 6) is 0.126. The molecule has 0 atom stereocenters. The van der Waals surface area contributed by atoms with Gasteiger partial charge in [-0.25, -0.2) is 0 Å². The average molecular weight is 275 g/mol. The van der Waals surface area contributed by atoms with Crippen molar-refractivity contribution in [2.75, 3.05) is 13.1 Å². The number of carbonyl (C=O) groups is 1. The molecule has 1 aliphatic heterocycles. The Morgan fingerprint density at radius 3 is 2.15 bits per heavy atom. The van der Waals surface area contributed by atoms with Crippen LogP contribution in [0.5, 0.6) is 0 Å². The predicted molar refractivity (Wildman–Crippen MR) is 88.2 cm³/mol. The number of hydrogen-bond donors (Lipinski definition) is 0. The Balaban J connectivity index is 0.000000829. The third-order valence-corrected chi connectivity index (χ3v) is 2.96. The molecule has 0 spiro atoms. The maximum Gasteiger partial charge on any atom is 0.254 e. The molecule has 0 radical (unpaired) electrons. The average Bonchev–Trinajstić information content (AvgIpc) is 2.51. The summed E-state index contributed by atoms with van der Waals surface area (Å²) in [6.45, 7) is 15.6. The van der Waals surface area contributed by atoms with Gasteiger partial charge in [0, 0.05) is 18.7 Å². The lowest BCUT2D eigenvalue weighted by Gasteiger charge is -2.28. The van der Waals surface area contributed by atoms with Gasteiger partial charge in [0.2, 0.25) is 0 Å². The first-order valence-electron chi connectivity index (χ1n) is 7.69. The van der Waals surface area contributed by atoms with Gasteiger partial charge in [0.05, 0.1) is 0 Å². The summed E-state index contributed by atoms with van der Waals surface area (Å²) in [4.78, 5) is 14.0. The number of aryl methyl sites for hydroxylation is 1. The molecule has 0 bridgehead atoms. The van der Waals surface area contributed by atoms with E-state index in [0.717, 1.165) is 30.5 Å². The van der Waals surface area contributed by atoms with E-state index < -0.39 is 0 Å². The molecule has 1 fully saturated rings. The van der Waals surface area contributed by atoms with Crippen LogP contribution in [0.25, 0.3) is 0 Å². The second kappa shape index (κ2) is 10.2. The molecule has 0 saturated carbocycles. The van der Waals surface area contributed by atoms with Crippen LogP contribution in [0.2, 0.25) is 0 Å². The van der Waals surface area contributed by atoms with Crippen LogP contribution in [0.15, 0.2) is 36.4 Å². The minimum Gasteiger partial charge on any atom is -0.335 e. The number of piperidine rings is 1. The predicted octanol–water partition coefficient (Wildman–Crippen LogP) is 4.84. The van der Waals surface area contributed by atoms with E-state index in [1.54, 1.807) is 0 Å². The molecule has 112 valence electrons. The molecule has 20 heavy (non-hydrogen) atoms. The minimum absolute atomic E-state index is 0.126. The standard InChI is InChI=1S/C14H17NO.2C2H6/c1-11-5-7-13(8-6-11)14(16)15-9-3-4-12(2)10-15;2*1-2/h5-8H,2-4,9-10H2,1H3;2*1-2H3. The molecule has 1 heterocycles. The lowest BCUT2D eigenvalue weighted by atomic mass is 10.0. The summed E-state index contributed by atoms with van der Waals surface area (Å²) < 4.78 is 0.